The number of carbonyl (C=O) groups is 1. The zero-order chi connectivity index (χ0) is 15.5. The highest BCUT2D eigenvalue weighted by molar-refractivity contribution is 6.30. The molecule has 0 bridgehead atoms. The number of rotatable bonds is 5. The van der Waals surface area contributed by atoms with Crippen LogP contribution in [-0.4, -0.2) is 28.3 Å². The molecular weight excluding hydrogens is 307 g/mol. The summed E-state index contributed by atoms with van der Waals surface area (Å²) in [6, 6.07) is 2.79. The van der Waals surface area contributed by atoms with Gasteiger partial charge in [0.2, 0.25) is 6.10 Å². The summed E-state index contributed by atoms with van der Waals surface area (Å²) in [7, 11) is 0. The van der Waals surface area contributed by atoms with E-state index in [9.17, 15) is 28.1 Å². The quantitative estimate of drug-likeness (QED) is 0.666. The molecule has 20 heavy (non-hydrogen) atoms. The minimum Gasteiger partial charge on any atom is -0.481 e. The zero-order valence-corrected chi connectivity index (χ0v) is 10.3. The van der Waals surface area contributed by atoms with Gasteiger partial charge in [-0.2, -0.15) is 13.2 Å². The first-order valence-electron chi connectivity index (χ1n) is 5.00. The van der Waals surface area contributed by atoms with E-state index in [1.165, 1.54) is 0 Å². The van der Waals surface area contributed by atoms with E-state index >= 15 is 0 Å². The van der Waals surface area contributed by atoms with Gasteiger partial charge in [-0.25, -0.2) is 0 Å². The molecule has 0 heterocycles. The highest BCUT2D eigenvalue weighted by atomic mass is 35.5. The summed E-state index contributed by atoms with van der Waals surface area (Å²) in [4.78, 5) is 20.1. The molecule has 1 N–H and O–H groups in total. The van der Waals surface area contributed by atoms with Gasteiger partial charge in [0, 0.05) is 17.2 Å². The third-order valence-electron chi connectivity index (χ3n) is 2.11. The first kappa shape index (κ1) is 16.0. The lowest BCUT2D eigenvalue weighted by molar-refractivity contribution is -0.386. The zero-order valence-electron chi connectivity index (χ0n) is 9.56. The van der Waals surface area contributed by atoms with Gasteiger partial charge >= 0.3 is 17.8 Å². The van der Waals surface area contributed by atoms with Gasteiger partial charge in [0.05, 0.1) is 11.3 Å². The van der Waals surface area contributed by atoms with E-state index in [2.05, 4.69) is 4.74 Å². The molecule has 0 saturated carbocycles. The Hall–Kier alpha value is -2.03. The molecule has 0 amide bonds. The Morgan fingerprint density at radius 2 is 2.10 bits per heavy atom. The number of ether oxygens (including phenoxy) is 1. The number of carboxylic acid groups (broad SMARTS) is 1. The Balaban J connectivity index is 3.13. The molecule has 6 nitrogen and oxygen atoms in total. The molecule has 0 aliphatic rings. The number of aliphatic carboxylic acids is 1. The van der Waals surface area contributed by atoms with Crippen molar-refractivity contribution in [2.24, 2.45) is 0 Å². The predicted molar refractivity (Wildman–Crippen MR) is 60.8 cm³/mol. The third-order valence-corrected chi connectivity index (χ3v) is 2.35. The number of benzene rings is 1. The third kappa shape index (κ3) is 4.26. The van der Waals surface area contributed by atoms with Crippen molar-refractivity contribution in [2.75, 3.05) is 0 Å². The van der Waals surface area contributed by atoms with Gasteiger partial charge < -0.3 is 9.84 Å². The molecule has 0 radical (unpaired) electrons. The van der Waals surface area contributed by atoms with Crippen LogP contribution in [0, 0.1) is 10.1 Å². The Morgan fingerprint density at radius 3 is 2.55 bits per heavy atom. The summed E-state index contributed by atoms with van der Waals surface area (Å²) in [5, 5.41) is 19.0. The smallest absolute Gasteiger partial charge is 0.426 e. The fraction of sp³-hybridized carbons (Fsp3) is 0.300. The van der Waals surface area contributed by atoms with Crippen molar-refractivity contribution in [1.29, 1.82) is 0 Å². The molecule has 0 aliphatic heterocycles. The molecule has 0 aromatic heterocycles. The lowest BCUT2D eigenvalue weighted by atomic mass is 10.2. The summed E-state index contributed by atoms with van der Waals surface area (Å²) in [6.07, 6.45) is -9.08. The maximum absolute atomic E-state index is 12.6. The van der Waals surface area contributed by atoms with Crippen molar-refractivity contribution >= 4 is 23.3 Å². The average molecular weight is 314 g/mol. The summed E-state index contributed by atoms with van der Waals surface area (Å²) in [6.45, 7) is 0. The van der Waals surface area contributed by atoms with E-state index < -0.39 is 41.0 Å². The number of hydrogen-bond acceptors (Lipinski definition) is 4. The van der Waals surface area contributed by atoms with Crippen LogP contribution in [0.3, 0.4) is 0 Å². The standard InChI is InChI=1S/C10H7ClF3NO5/c11-5-1-2-6(15(18)19)7(3-5)20-8(4-9(16)17)10(12,13)14/h1-3,8H,4H2,(H,16,17). The second-order valence-corrected chi connectivity index (χ2v) is 4.05. The summed E-state index contributed by atoms with van der Waals surface area (Å²) in [5.74, 6) is -2.50. The normalized spacial score (nSPS) is 12.8. The van der Waals surface area contributed by atoms with Gasteiger partial charge in [-0.3, -0.25) is 14.9 Å². The van der Waals surface area contributed by atoms with Gasteiger partial charge in [-0.05, 0) is 6.07 Å². The minimum atomic E-state index is -4.99. The molecule has 1 atom stereocenters. The van der Waals surface area contributed by atoms with Gasteiger partial charge in [-0.15, -0.1) is 0 Å². The second-order valence-electron chi connectivity index (χ2n) is 3.62. The average Bonchev–Trinajstić information content (AvgIpc) is 2.25. The molecule has 1 aromatic rings. The fourth-order valence-corrected chi connectivity index (χ4v) is 1.43. The number of nitro benzene ring substituents is 1. The number of halogens is 4. The van der Waals surface area contributed by atoms with Gasteiger partial charge in [0.15, 0.2) is 5.75 Å². The first-order valence-corrected chi connectivity index (χ1v) is 5.38. The van der Waals surface area contributed by atoms with E-state index in [1.807, 2.05) is 0 Å². The molecule has 1 rings (SSSR count). The molecule has 10 heteroatoms. The van der Waals surface area contributed by atoms with E-state index in [4.69, 9.17) is 16.7 Å². The minimum absolute atomic E-state index is 0.0816. The van der Waals surface area contributed by atoms with Crippen molar-refractivity contribution in [1.82, 2.24) is 0 Å². The van der Waals surface area contributed by atoms with Crippen LogP contribution in [0.5, 0.6) is 5.75 Å². The van der Waals surface area contributed by atoms with Crippen LogP contribution in [-0.2, 0) is 4.79 Å². The number of nitrogens with zero attached hydrogens (tertiary/aromatic N) is 1. The van der Waals surface area contributed by atoms with Crippen molar-refractivity contribution in [3.05, 3.63) is 33.3 Å². The maximum Gasteiger partial charge on any atom is 0.426 e. The van der Waals surface area contributed by atoms with E-state index in [-0.39, 0.29) is 5.02 Å². The summed E-state index contributed by atoms with van der Waals surface area (Å²) < 4.78 is 42.3. The van der Waals surface area contributed by atoms with Crippen molar-refractivity contribution in [2.45, 2.75) is 18.7 Å². The van der Waals surface area contributed by atoms with Crippen LogP contribution >= 0.6 is 11.6 Å². The number of alkyl halides is 3. The highest BCUT2D eigenvalue weighted by Crippen LogP contribution is 2.34. The maximum atomic E-state index is 12.6. The fourth-order valence-electron chi connectivity index (χ4n) is 1.27. The van der Waals surface area contributed by atoms with Crippen LogP contribution in [0.15, 0.2) is 18.2 Å². The molecular formula is C10H7ClF3NO5. The molecule has 1 aromatic carbocycles. The van der Waals surface area contributed by atoms with Crippen molar-refractivity contribution in [3.8, 4) is 5.75 Å². The van der Waals surface area contributed by atoms with E-state index in [1.54, 1.807) is 0 Å². The Morgan fingerprint density at radius 1 is 1.50 bits per heavy atom. The highest BCUT2D eigenvalue weighted by Gasteiger charge is 2.44. The van der Waals surface area contributed by atoms with Crippen LogP contribution < -0.4 is 4.74 Å². The van der Waals surface area contributed by atoms with Gasteiger partial charge in [0.25, 0.3) is 0 Å². The Kier molecular flexibility index (Phi) is 4.77. The van der Waals surface area contributed by atoms with Crippen LogP contribution in [0.25, 0.3) is 0 Å². The Labute approximate surface area is 114 Å². The van der Waals surface area contributed by atoms with Crippen LogP contribution in [0.2, 0.25) is 5.02 Å². The van der Waals surface area contributed by atoms with Crippen molar-refractivity contribution < 1.29 is 32.7 Å². The summed E-state index contributed by atoms with van der Waals surface area (Å²) in [5.41, 5.74) is -0.742. The Bertz CT molecular complexity index is 534. The molecule has 110 valence electrons. The lowest BCUT2D eigenvalue weighted by Crippen LogP contribution is -2.36. The van der Waals surface area contributed by atoms with Gasteiger partial charge in [-0.1, -0.05) is 11.6 Å². The first-order chi connectivity index (χ1) is 9.11. The molecule has 1 unspecified atom stereocenters. The number of nitro groups is 1. The number of hydrogen-bond donors (Lipinski definition) is 1. The van der Waals surface area contributed by atoms with Crippen LogP contribution in [0.4, 0.5) is 18.9 Å². The molecule has 0 saturated heterocycles. The van der Waals surface area contributed by atoms with Crippen molar-refractivity contribution in [3.63, 3.8) is 0 Å². The van der Waals surface area contributed by atoms with Crippen LogP contribution in [0.1, 0.15) is 6.42 Å². The molecule has 0 spiro atoms. The SMILES string of the molecule is O=C(O)CC(Oc1cc(Cl)ccc1[N+](=O)[O-])C(F)(F)F. The summed E-state index contributed by atoms with van der Waals surface area (Å²) >= 11 is 5.52. The topological polar surface area (TPSA) is 89.7 Å². The van der Waals surface area contributed by atoms with E-state index in [0.29, 0.717) is 0 Å². The molecule has 0 aliphatic carbocycles. The lowest BCUT2D eigenvalue weighted by Gasteiger charge is -2.20. The molecule has 0 fully saturated rings. The largest absolute Gasteiger partial charge is 0.481 e. The van der Waals surface area contributed by atoms with E-state index in [0.717, 1.165) is 18.2 Å². The predicted octanol–water partition coefficient (Wildman–Crippen LogP) is 3.03. The monoisotopic (exact) mass is 313 g/mol. The second kappa shape index (κ2) is 5.95. The number of carboxylic acids is 1. The van der Waals surface area contributed by atoms with Gasteiger partial charge in [0.1, 0.15) is 0 Å².